The lowest BCUT2D eigenvalue weighted by atomic mass is 10.5. The second-order valence-corrected chi connectivity index (χ2v) is 4.45. The van der Waals surface area contributed by atoms with Crippen LogP contribution < -0.4 is 5.32 Å². The molecule has 1 heterocycles. The summed E-state index contributed by atoms with van der Waals surface area (Å²) in [6.45, 7) is 0.194. The van der Waals surface area contributed by atoms with Gasteiger partial charge in [0.2, 0.25) is 0 Å². The molecule has 1 saturated carbocycles. The van der Waals surface area contributed by atoms with E-state index in [0.717, 1.165) is 23.0 Å². The van der Waals surface area contributed by atoms with Gasteiger partial charge in [-0.25, -0.2) is 4.79 Å². The summed E-state index contributed by atoms with van der Waals surface area (Å²) in [6, 6.07) is 0.324. The maximum absolute atomic E-state index is 11.2. The highest BCUT2D eigenvalue weighted by atomic mass is 79.9. The fraction of sp³-hybridized carbons (Fsp3) is 0.556. The molecule has 1 aromatic rings. The van der Waals surface area contributed by atoms with Crippen molar-refractivity contribution in [1.82, 2.24) is 15.1 Å². The number of carbonyl (C=O) groups is 1. The van der Waals surface area contributed by atoms with Crippen molar-refractivity contribution in [2.75, 3.05) is 0 Å². The number of aryl methyl sites for hydroxylation is 1. The zero-order valence-electron chi connectivity index (χ0n) is 8.36. The van der Waals surface area contributed by atoms with Crippen molar-refractivity contribution >= 4 is 22.0 Å². The second-order valence-electron chi connectivity index (χ2n) is 3.59. The summed E-state index contributed by atoms with van der Waals surface area (Å²) >= 11 is 3.34. The average Bonchev–Trinajstić information content (AvgIpc) is 2.89. The molecule has 5 nitrogen and oxygen atoms in total. The summed E-state index contributed by atoms with van der Waals surface area (Å²) in [4.78, 5) is 11.2. The Labute approximate surface area is 95.9 Å². The van der Waals surface area contributed by atoms with E-state index in [-0.39, 0.29) is 12.7 Å². The Kier molecular flexibility index (Phi) is 2.95. The Bertz CT molecular complexity index is 373. The third kappa shape index (κ3) is 2.95. The molecule has 6 heteroatoms. The minimum absolute atomic E-state index is 0.194. The number of alkyl carbamates (subject to hydrolysis) is 1. The maximum Gasteiger partial charge on any atom is 0.407 e. The third-order valence-electron chi connectivity index (χ3n) is 2.09. The van der Waals surface area contributed by atoms with Gasteiger partial charge in [0.05, 0.1) is 4.47 Å². The van der Waals surface area contributed by atoms with Gasteiger partial charge >= 0.3 is 6.09 Å². The van der Waals surface area contributed by atoms with Crippen LogP contribution in [0.1, 0.15) is 18.5 Å². The van der Waals surface area contributed by atoms with Gasteiger partial charge in [-0.15, -0.1) is 0 Å². The van der Waals surface area contributed by atoms with Crippen molar-refractivity contribution in [1.29, 1.82) is 0 Å². The summed E-state index contributed by atoms with van der Waals surface area (Å²) in [5.41, 5.74) is 0.725. The molecular formula is C9H12BrN3O2. The normalized spacial score (nSPS) is 15.1. The highest BCUT2D eigenvalue weighted by molar-refractivity contribution is 9.10. The number of ether oxygens (including phenoxy) is 1. The Balaban J connectivity index is 1.81. The van der Waals surface area contributed by atoms with Crippen LogP contribution in [0.4, 0.5) is 4.79 Å². The highest BCUT2D eigenvalue weighted by Gasteiger charge is 2.24. The number of carbonyl (C=O) groups excluding carboxylic acids is 1. The molecule has 2 rings (SSSR count). The Morgan fingerprint density at radius 1 is 1.80 bits per heavy atom. The van der Waals surface area contributed by atoms with Gasteiger partial charge in [0.25, 0.3) is 0 Å². The minimum atomic E-state index is -0.366. The predicted octanol–water partition coefficient (Wildman–Crippen LogP) is 1.57. The van der Waals surface area contributed by atoms with Gasteiger partial charge in [0.15, 0.2) is 0 Å². The van der Waals surface area contributed by atoms with E-state index >= 15 is 0 Å². The number of hydrogen-bond donors (Lipinski definition) is 1. The molecule has 1 amide bonds. The van der Waals surface area contributed by atoms with Crippen LogP contribution in [0.15, 0.2) is 10.7 Å². The molecule has 0 saturated heterocycles. The number of halogens is 1. The van der Waals surface area contributed by atoms with E-state index < -0.39 is 0 Å². The molecule has 0 aromatic carbocycles. The summed E-state index contributed by atoms with van der Waals surface area (Å²) in [6.07, 6.45) is 3.57. The summed E-state index contributed by atoms with van der Waals surface area (Å²) in [7, 11) is 1.82. The number of aromatic nitrogens is 2. The average molecular weight is 274 g/mol. The van der Waals surface area contributed by atoms with E-state index in [4.69, 9.17) is 4.74 Å². The largest absolute Gasteiger partial charge is 0.443 e. The zero-order chi connectivity index (χ0) is 10.8. The Morgan fingerprint density at radius 2 is 2.53 bits per heavy atom. The van der Waals surface area contributed by atoms with Crippen molar-refractivity contribution in [3.63, 3.8) is 0 Å². The van der Waals surface area contributed by atoms with Gasteiger partial charge in [-0.05, 0) is 28.8 Å². The van der Waals surface area contributed by atoms with Gasteiger partial charge in [-0.3, -0.25) is 4.68 Å². The van der Waals surface area contributed by atoms with E-state index in [9.17, 15) is 4.79 Å². The smallest absolute Gasteiger partial charge is 0.407 e. The van der Waals surface area contributed by atoms with Gasteiger partial charge in [-0.2, -0.15) is 5.10 Å². The third-order valence-corrected chi connectivity index (χ3v) is 2.76. The van der Waals surface area contributed by atoms with Crippen molar-refractivity contribution in [3.05, 3.63) is 16.4 Å². The number of nitrogens with one attached hydrogen (secondary N) is 1. The van der Waals surface area contributed by atoms with Crippen LogP contribution in [-0.2, 0) is 18.4 Å². The molecule has 1 N–H and O–H groups in total. The summed E-state index contributed by atoms with van der Waals surface area (Å²) in [5.74, 6) is 0. The molecule has 1 aliphatic carbocycles. The van der Waals surface area contributed by atoms with Crippen LogP contribution in [0.5, 0.6) is 0 Å². The van der Waals surface area contributed by atoms with Crippen LogP contribution in [-0.4, -0.2) is 21.9 Å². The zero-order valence-corrected chi connectivity index (χ0v) is 9.95. The summed E-state index contributed by atoms with van der Waals surface area (Å²) in [5, 5.41) is 6.88. The number of hydrogen-bond acceptors (Lipinski definition) is 3. The maximum atomic E-state index is 11.2. The molecule has 0 unspecified atom stereocenters. The fourth-order valence-electron chi connectivity index (χ4n) is 1.17. The quantitative estimate of drug-likeness (QED) is 0.910. The molecule has 82 valence electrons. The number of rotatable bonds is 3. The van der Waals surface area contributed by atoms with Crippen LogP contribution in [0, 0.1) is 0 Å². The van der Waals surface area contributed by atoms with Crippen LogP contribution in [0.3, 0.4) is 0 Å². The first-order valence-electron chi connectivity index (χ1n) is 4.76. The molecule has 1 fully saturated rings. The highest BCUT2D eigenvalue weighted by Crippen LogP contribution is 2.19. The lowest BCUT2D eigenvalue weighted by Crippen LogP contribution is -2.26. The molecule has 0 atom stereocenters. The SMILES string of the molecule is Cn1cc(Br)c(COC(=O)NC2CC2)n1. The van der Waals surface area contributed by atoms with Crippen LogP contribution in [0.25, 0.3) is 0 Å². The van der Waals surface area contributed by atoms with E-state index in [1.165, 1.54) is 0 Å². The van der Waals surface area contributed by atoms with Crippen LogP contribution in [0.2, 0.25) is 0 Å². The van der Waals surface area contributed by atoms with Gasteiger partial charge < -0.3 is 10.1 Å². The standard InChI is InChI=1S/C9H12BrN3O2/c1-13-4-7(10)8(12-13)5-15-9(14)11-6-2-3-6/h4,6H,2-3,5H2,1H3,(H,11,14). The first-order valence-corrected chi connectivity index (χ1v) is 5.56. The number of amides is 1. The first kappa shape index (κ1) is 10.5. The van der Waals surface area contributed by atoms with E-state index in [1.54, 1.807) is 4.68 Å². The Morgan fingerprint density at radius 3 is 3.07 bits per heavy atom. The minimum Gasteiger partial charge on any atom is -0.443 e. The van der Waals surface area contributed by atoms with E-state index in [2.05, 4.69) is 26.3 Å². The monoisotopic (exact) mass is 273 g/mol. The van der Waals surface area contributed by atoms with Crippen molar-refractivity contribution in [2.24, 2.45) is 7.05 Å². The van der Waals surface area contributed by atoms with Gasteiger partial charge in [0.1, 0.15) is 12.3 Å². The van der Waals surface area contributed by atoms with Crippen LogP contribution >= 0.6 is 15.9 Å². The van der Waals surface area contributed by atoms with Crippen molar-refractivity contribution in [3.8, 4) is 0 Å². The van der Waals surface area contributed by atoms with Crippen molar-refractivity contribution in [2.45, 2.75) is 25.5 Å². The lowest BCUT2D eigenvalue weighted by molar-refractivity contribution is 0.137. The predicted molar refractivity (Wildman–Crippen MR) is 57.3 cm³/mol. The molecular weight excluding hydrogens is 262 g/mol. The first-order chi connectivity index (χ1) is 7.15. The molecule has 1 aromatic heterocycles. The molecule has 0 spiro atoms. The molecule has 0 radical (unpaired) electrons. The van der Waals surface area contributed by atoms with E-state index in [0.29, 0.717) is 6.04 Å². The fourth-order valence-corrected chi connectivity index (χ4v) is 1.66. The topological polar surface area (TPSA) is 56.1 Å². The van der Waals surface area contributed by atoms with Gasteiger partial charge in [-0.1, -0.05) is 0 Å². The summed E-state index contributed by atoms with van der Waals surface area (Å²) < 4.78 is 7.54. The molecule has 0 bridgehead atoms. The van der Waals surface area contributed by atoms with E-state index in [1.807, 2.05) is 13.2 Å². The van der Waals surface area contributed by atoms with Gasteiger partial charge in [0, 0.05) is 19.3 Å². The van der Waals surface area contributed by atoms with Crippen molar-refractivity contribution < 1.29 is 9.53 Å². The lowest BCUT2D eigenvalue weighted by Gasteiger charge is -2.03. The molecule has 0 aliphatic heterocycles. The number of nitrogens with zero attached hydrogens (tertiary/aromatic N) is 2. The molecule has 15 heavy (non-hydrogen) atoms. The Hall–Kier alpha value is -1.04. The molecule has 1 aliphatic rings. The second kappa shape index (κ2) is 4.22.